The van der Waals surface area contributed by atoms with Gasteiger partial charge in [-0.2, -0.15) is 0 Å². The molecule has 26 heavy (non-hydrogen) atoms. The molecule has 0 aliphatic carbocycles. The molecule has 1 N–H and O–H groups in total. The Balaban J connectivity index is 0.00000196. The minimum atomic E-state index is 0. The van der Waals surface area contributed by atoms with Crippen LogP contribution < -0.4 is 10.9 Å². The zero-order valence-corrected chi connectivity index (χ0v) is 16.8. The van der Waals surface area contributed by atoms with Crippen LogP contribution in [0.1, 0.15) is 46.7 Å². The minimum Gasteiger partial charge on any atom is -0.337 e. The lowest BCUT2D eigenvalue weighted by molar-refractivity contribution is 0.0748. The molecule has 0 aromatic carbocycles. The minimum absolute atomic E-state index is 0. The first-order chi connectivity index (χ1) is 12.1. The molecule has 4 rings (SSSR count). The van der Waals surface area contributed by atoms with Gasteiger partial charge in [-0.3, -0.25) is 14.2 Å². The van der Waals surface area contributed by atoms with Crippen molar-refractivity contribution in [2.24, 2.45) is 0 Å². The molecule has 0 spiro atoms. The molecule has 0 bridgehead atoms. The predicted octanol–water partition coefficient (Wildman–Crippen LogP) is 2.35. The number of carbonyl (C=O) groups is 1. The fourth-order valence-corrected chi connectivity index (χ4v) is 5.08. The van der Waals surface area contributed by atoms with Crippen LogP contribution >= 0.6 is 23.7 Å². The fourth-order valence-electron chi connectivity index (χ4n) is 3.91. The maximum absolute atomic E-state index is 13.0. The Labute approximate surface area is 163 Å². The first-order valence-electron chi connectivity index (χ1n) is 9.08. The maximum atomic E-state index is 13.0. The van der Waals surface area contributed by atoms with Crippen molar-refractivity contribution in [2.45, 2.75) is 51.6 Å². The molecule has 1 saturated heterocycles. The first kappa shape index (κ1) is 19.3. The van der Waals surface area contributed by atoms with Gasteiger partial charge >= 0.3 is 0 Å². The third-order valence-electron chi connectivity index (χ3n) is 5.51. The number of aromatic nitrogens is 2. The smallest absolute Gasteiger partial charge is 0.264 e. The zero-order chi connectivity index (χ0) is 17.6. The standard InChI is InChI=1S/C18H24N4O2S.ClH/c1-11-14-16(20-13-6-4-3-5-9-22(13)17(14)23)25-15(11)18(24)21(2)12-7-8-19-10-12;/h12,19H,3-10H2,1-2H3;1H. The van der Waals surface area contributed by atoms with E-state index < -0.39 is 0 Å². The third-order valence-corrected chi connectivity index (χ3v) is 6.68. The summed E-state index contributed by atoms with van der Waals surface area (Å²) in [4.78, 5) is 33.9. The van der Waals surface area contributed by atoms with E-state index in [2.05, 4.69) is 5.32 Å². The van der Waals surface area contributed by atoms with Gasteiger partial charge in [-0.15, -0.1) is 23.7 Å². The number of nitrogens with zero attached hydrogens (tertiary/aromatic N) is 3. The largest absolute Gasteiger partial charge is 0.337 e. The average molecular weight is 397 g/mol. The Morgan fingerprint density at radius 1 is 1.35 bits per heavy atom. The van der Waals surface area contributed by atoms with Crippen LogP contribution in [0.15, 0.2) is 4.79 Å². The van der Waals surface area contributed by atoms with Crippen molar-refractivity contribution in [2.75, 3.05) is 20.1 Å². The van der Waals surface area contributed by atoms with Crippen molar-refractivity contribution in [1.29, 1.82) is 0 Å². The van der Waals surface area contributed by atoms with Gasteiger partial charge in [-0.1, -0.05) is 6.42 Å². The van der Waals surface area contributed by atoms with E-state index in [4.69, 9.17) is 4.98 Å². The van der Waals surface area contributed by atoms with Crippen LogP contribution in [0, 0.1) is 6.92 Å². The van der Waals surface area contributed by atoms with Crippen LogP contribution in [-0.4, -0.2) is 46.5 Å². The Kier molecular flexibility index (Phi) is 5.69. The fraction of sp³-hybridized carbons (Fsp3) is 0.611. The van der Waals surface area contributed by atoms with E-state index >= 15 is 0 Å². The molecule has 2 aliphatic heterocycles. The summed E-state index contributed by atoms with van der Waals surface area (Å²) in [5.41, 5.74) is 0.819. The van der Waals surface area contributed by atoms with E-state index in [0.717, 1.165) is 68.0 Å². The first-order valence-corrected chi connectivity index (χ1v) is 9.90. The maximum Gasteiger partial charge on any atom is 0.264 e. The van der Waals surface area contributed by atoms with Gasteiger partial charge in [0.15, 0.2) is 0 Å². The highest BCUT2D eigenvalue weighted by Crippen LogP contribution is 2.30. The lowest BCUT2D eigenvalue weighted by atomic mass is 10.1. The summed E-state index contributed by atoms with van der Waals surface area (Å²) in [5.74, 6) is 0.886. The van der Waals surface area contributed by atoms with Crippen molar-refractivity contribution < 1.29 is 4.79 Å². The van der Waals surface area contributed by atoms with Gasteiger partial charge < -0.3 is 10.2 Å². The molecule has 0 radical (unpaired) electrons. The molecule has 8 heteroatoms. The van der Waals surface area contributed by atoms with Crippen molar-refractivity contribution in [3.63, 3.8) is 0 Å². The summed E-state index contributed by atoms with van der Waals surface area (Å²) >= 11 is 1.38. The Morgan fingerprint density at radius 2 is 2.15 bits per heavy atom. The number of likely N-dealkylation sites (N-methyl/N-ethyl adjacent to an activating group) is 1. The second-order valence-electron chi connectivity index (χ2n) is 7.09. The van der Waals surface area contributed by atoms with Gasteiger partial charge in [-0.05, 0) is 38.3 Å². The molecule has 1 amide bonds. The highest BCUT2D eigenvalue weighted by molar-refractivity contribution is 7.20. The molecular formula is C18H25ClN4O2S. The quantitative estimate of drug-likeness (QED) is 0.846. The predicted molar refractivity (Wildman–Crippen MR) is 107 cm³/mol. The number of hydrogen-bond donors (Lipinski definition) is 1. The highest BCUT2D eigenvalue weighted by atomic mass is 35.5. The van der Waals surface area contributed by atoms with Crippen LogP contribution in [0.3, 0.4) is 0 Å². The monoisotopic (exact) mass is 396 g/mol. The summed E-state index contributed by atoms with van der Waals surface area (Å²) in [6.07, 6.45) is 5.05. The number of amides is 1. The topological polar surface area (TPSA) is 67.2 Å². The number of halogens is 1. The zero-order valence-electron chi connectivity index (χ0n) is 15.2. The number of carbonyl (C=O) groups excluding carboxylic acids is 1. The summed E-state index contributed by atoms with van der Waals surface area (Å²) in [6, 6.07) is 0.225. The Bertz CT molecular complexity index is 885. The van der Waals surface area contributed by atoms with Crippen LogP contribution in [0.4, 0.5) is 0 Å². The molecular weight excluding hydrogens is 372 g/mol. The highest BCUT2D eigenvalue weighted by Gasteiger charge is 2.28. The van der Waals surface area contributed by atoms with Crippen molar-refractivity contribution in [3.05, 3.63) is 26.6 Å². The van der Waals surface area contributed by atoms with Crippen LogP contribution in [0.25, 0.3) is 10.2 Å². The molecule has 1 fully saturated rings. The molecule has 6 nitrogen and oxygen atoms in total. The van der Waals surface area contributed by atoms with Crippen LogP contribution in [0.5, 0.6) is 0 Å². The average Bonchev–Trinajstić information content (AvgIpc) is 3.17. The van der Waals surface area contributed by atoms with E-state index in [9.17, 15) is 9.59 Å². The second-order valence-corrected chi connectivity index (χ2v) is 8.09. The van der Waals surface area contributed by atoms with Gasteiger partial charge in [0.1, 0.15) is 10.7 Å². The van der Waals surface area contributed by atoms with Gasteiger partial charge in [0.05, 0.1) is 10.3 Å². The van der Waals surface area contributed by atoms with Crippen molar-refractivity contribution in [1.82, 2.24) is 19.8 Å². The number of thiophene rings is 1. The van der Waals surface area contributed by atoms with Gasteiger partial charge in [0.25, 0.3) is 11.5 Å². The molecule has 0 saturated carbocycles. The number of fused-ring (bicyclic) bond motifs is 2. The van der Waals surface area contributed by atoms with Gasteiger partial charge in [0, 0.05) is 32.6 Å². The van der Waals surface area contributed by atoms with Crippen LogP contribution in [0.2, 0.25) is 0 Å². The van der Waals surface area contributed by atoms with Crippen LogP contribution in [-0.2, 0) is 13.0 Å². The molecule has 2 aromatic rings. The molecule has 2 aliphatic rings. The second kappa shape index (κ2) is 7.66. The van der Waals surface area contributed by atoms with Crippen molar-refractivity contribution >= 4 is 39.9 Å². The van der Waals surface area contributed by atoms with Gasteiger partial charge in [0.2, 0.25) is 0 Å². The third kappa shape index (κ3) is 3.17. The molecule has 4 heterocycles. The Morgan fingerprint density at radius 3 is 2.88 bits per heavy atom. The normalized spacial score (nSPS) is 19.7. The lowest BCUT2D eigenvalue weighted by Crippen LogP contribution is -2.38. The van der Waals surface area contributed by atoms with E-state index in [-0.39, 0.29) is 29.9 Å². The summed E-state index contributed by atoms with van der Waals surface area (Å²) in [7, 11) is 1.86. The lowest BCUT2D eigenvalue weighted by Gasteiger charge is -2.23. The summed E-state index contributed by atoms with van der Waals surface area (Å²) < 4.78 is 1.83. The van der Waals surface area contributed by atoms with E-state index in [0.29, 0.717) is 10.3 Å². The Hall–Kier alpha value is -1.44. The summed E-state index contributed by atoms with van der Waals surface area (Å²) in [5, 5.41) is 3.93. The van der Waals surface area contributed by atoms with Gasteiger partial charge in [-0.25, -0.2) is 4.98 Å². The molecule has 1 atom stereocenters. The molecule has 2 aromatic heterocycles. The van der Waals surface area contributed by atoms with E-state index in [1.54, 1.807) is 0 Å². The SMILES string of the molecule is Cc1c(C(=O)N(C)C2CCNC2)sc2nc3n(c(=O)c12)CCCCC3.Cl. The number of rotatable bonds is 2. The van der Waals surface area contributed by atoms with E-state index in [1.807, 2.05) is 23.4 Å². The molecule has 142 valence electrons. The number of nitrogens with one attached hydrogen (secondary N) is 1. The molecule has 1 unspecified atom stereocenters. The van der Waals surface area contributed by atoms with E-state index in [1.165, 1.54) is 11.3 Å². The summed E-state index contributed by atoms with van der Waals surface area (Å²) in [6.45, 7) is 4.41. The number of aryl methyl sites for hydroxylation is 2. The van der Waals surface area contributed by atoms with Crippen molar-refractivity contribution in [3.8, 4) is 0 Å². The number of hydrogen-bond acceptors (Lipinski definition) is 5.